The van der Waals surface area contributed by atoms with E-state index in [0.29, 0.717) is 22.3 Å². The van der Waals surface area contributed by atoms with Crippen LogP contribution in [-0.4, -0.2) is 38.6 Å². The van der Waals surface area contributed by atoms with Gasteiger partial charge in [0.05, 0.1) is 0 Å². The molecule has 1 aliphatic heterocycles. The van der Waals surface area contributed by atoms with E-state index >= 15 is 0 Å². The number of nitrogens with one attached hydrogen (secondary N) is 3. The summed E-state index contributed by atoms with van der Waals surface area (Å²) in [7, 11) is 0. The monoisotopic (exact) mass is 413 g/mol. The summed E-state index contributed by atoms with van der Waals surface area (Å²) < 4.78 is 0. The molecule has 1 amide bonds. The minimum Gasteiger partial charge on any atom is -0.322 e. The maximum absolute atomic E-state index is 12.3. The van der Waals surface area contributed by atoms with E-state index in [4.69, 9.17) is 34.8 Å². The number of hydrogen-bond donors (Lipinski definition) is 3. The number of quaternary nitrogens is 2. The maximum Gasteiger partial charge on any atom is 0.279 e. The van der Waals surface area contributed by atoms with Crippen molar-refractivity contribution in [3.63, 3.8) is 0 Å². The first kappa shape index (κ1) is 19.5. The largest absolute Gasteiger partial charge is 0.322 e. The van der Waals surface area contributed by atoms with Gasteiger partial charge in [-0.1, -0.05) is 46.9 Å². The molecule has 0 aliphatic carbocycles. The molecular weight excluding hydrogens is 393 g/mol. The highest BCUT2D eigenvalue weighted by molar-refractivity contribution is 6.35. The number of anilines is 1. The molecule has 0 saturated carbocycles. The molecule has 0 radical (unpaired) electrons. The van der Waals surface area contributed by atoms with E-state index < -0.39 is 0 Å². The van der Waals surface area contributed by atoms with Crippen LogP contribution < -0.4 is 15.1 Å². The van der Waals surface area contributed by atoms with Gasteiger partial charge in [0.2, 0.25) is 0 Å². The van der Waals surface area contributed by atoms with E-state index in [2.05, 4.69) is 17.4 Å². The van der Waals surface area contributed by atoms with Crippen molar-refractivity contribution < 1.29 is 14.6 Å². The molecule has 0 bridgehead atoms. The van der Waals surface area contributed by atoms with Gasteiger partial charge in [-0.2, -0.15) is 0 Å². The normalized spacial score (nSPS) is 20.0. The van der Waals surface area contributed by atoms with Gasteiger partial charge in [0.25, 0.3) is 5.91 Å². The van der Waals surface area contributed by atoms with E-state index in [1.165, 1.54) is 15.4 Å². The van der Waals surface area contributed by atoms with Gasteiger partial charge in [0.1, 0.15) is 32.7 Å². The van der Waals surface area contributed by atoms with Crippen molar-refractivity contribution >= 4 is 46.4 Å². The van der Waals surface area contributed by atoms with E-state index in [9.17, 15) is 4.79 Å². The molecule has 2 aromatic rings. The van der Waals surface area contributed by atoms with Gasteiger partial charge >= 0.3 is 0 Å². The Morgan fingerprint density at radius 2 is 1.42 bits per heavy atom. The van der Waals surface area contributed by atoms with Crippen LogP contribution in [0.2, 0.25) is 15.1 Å². The van der Waals surface area contributed by atoms with Crippen LogP contribution in [0.3, 0.4) is 0 Å². The molecule has 1 saturated heterocycles. The van der Waals surface area contributed by atoms with Crippen LogP contribution in [0.4, 0.5) is 5.69 Å². The molecule has 1 fully saturated rings. The summed E-state index contributed by atoms with van der Waals surface area (Å²) in [5.41, 5.74) is 1.93. The number of benzene rings is 2. The van der Waals surface area contributed by atoms with Gasteiger partial charge in [-0.15, -0.1) is 0 Å². The summed E-state index contributed by atoms with van der Waals surface area (Å²) in [6, 6.07) is 13.1. The van der Waals surface area contributed by atoms with Crippen LogP contribution >= 0.6 is 34.8 Å². The smallest absolute Gasteiger partial charge is 0.279 e. The SMILES string of the molecule is O=C(C[NH+]1CC[NH+](Cc2ccc(Cl)cc2)CC1)Nc1cc(Cl)cc(Cl)c1. The third-order valence-electron chi connectivity index (χ3n) is 4.59. The minimum atomic E-state index is -0.0144. The van der Waals surface area contributed by atoms with Crippen molar-refractivity contribution in [2.24, 2.45) is 0 Å². The average molecular weight is 415 g/mol. The molecule has 0 unspecified atom stereocenters. The minimum absolute atomic E-state index is 0.0144. The van der Waals surface area contributed by atoms with Crippen molar-refractivity contribution in [3.8, 4) is 0 Å². The highest BCUT2D eigenvalue weighted by Gasteiger charge is 2.24. The molecule has 1 heterocycles. The van der Waals surface area contributed by atoms with Crippen molar-refractivity contribution in [2.45, 2.75) is 6.54 Å². The second kappa shape index (κ2) is 9.07. The summed E-state index contributed by atoms with van der Waals surface area (Å²) in [4.78, 5) is 15.1. The molecule has 3 rings (SSSR count). The number of carbonyl (C=O) groups is 1. The van der Waals surface area contributed by atoms with Gasteiger partial charge in [-0.3, -0.25) is 4.79 Å². The van der Waals surface area contributed by atoms with Crippen LogP contribution in [0.5, 0.6) is 0 Å². The molecule has 2 aromatic carbocycles. The Morgan fingerprint density at radius 3 is 2.04 bits per heavy atom. The Kier molecular flexibility index (Phi) is 6.79. The van der Waals surface area contributed by atoms with E-state index in [1.54, 1.807) is 18.2 Å². The Hall–Kier alpha value is -1.30. The Balaban J connectivity index is 1.44. The van der Waals surface area contributed by atoms with E-state index in [-0.39, 0.29) is 5.91 Å². The third-order valence-corrected chi connectivity index (χ3v) is 5.28. The van der Waals surface area contributed by atoms with Crippen molar-refractivity contribution in [2.75, 3.05) is 38.0 Å². The van der Waals surface area contributed by atoms with Gasteiger partial charge in [0.15, 0.2) is 6.54 Å². The lowest BCUT2D eigenvalue weighted by atomic mass is 10.2. The zero-order valence-corrected chi connectivity index (χ0v) is 16.6. The fourth-order valence-corrected chi connectivity index (χ4v) is 3.91. The molecule has 0 spiro atoms. The van der Waals surface area contributed by atoms with Crippen LogP contribution in [-0.2, 0) is 11.3 Å². The van der Waals surface area contributed by atoms with Crippen molar-refractivity contribution in [1.82, 2.24) is 0 Å². The lowest BCUT2D eigenvalue weighted by Gasteiger charge is -2.29. The summed E-state index contributed by atoms with van der Waals surface area (Å²) in [5, 5.41) is 4.67. The Morgan fingerprint density at radius 1 is 0.846 bits per heavy atom. The first-order valence-electron chi connectivity index (χ1n) is 8.65. The number of hydrogen-bond acceptors (Lipinski definition) is 1. The Bertz CT molecular complexity index is 739. The third kappa shape index (κ3) is 5.86. The molecular formula is C19H22Cl3N3O+2. The number of amides is 1. The van der Waals surface area contributed by atoms with Gasteiger partial charge in [0, 0.05) is 26.3 Å². The van der Waals surface area contributed by atoms with Crippen molar-refractivity contribution in [1.29, 1.82) is 0 Å². The predicted octanol–water partition coefficient (Wildman–Crippen LogP) is 1.57. The number of piperazine rings is 1. The summed E-state index contributed by atoms with van der Waals surface area (Å²) in [6.45, 7) is 5.51. The molecule has 138 valence electrons. The van der Waals surface area contributed by atoms with Crippen LogP contribution in [0.15, 0.2) is 42.5 Å². The molecule has 1 aliphatic rings. The van der Waals surface area contributed by atoms with Gasteiger partial charge in [-0.25, -0.2) is 0 Å². The van der Waals surface area contributed by atoms with Gasteiger partial charge < -0.3 is 15.1 Å². The van der Waals surface area contributed by atoms with E-state index in [1.807, 2.05) is 12.1 Å². The first-order valence-corrected chi connectivity index (χ1v) is 9.79. The van der Waals surface area contributed by atoms with Crippen LogP contribution in [0.1, 0.15) is 5.56 Å². The Labute approximate surface area is 168 Å². The topological polar surface area (TPSA) is 38.0 Å². The molecule has 3 N–H and O–H groups in total. The summed E-state index contributed by atoms with van der Waals surface area (Å²) in [5.74, 6) is -0.0144. The number of rotatable bonds is 5. The number of halogens is 3. The lowest BCUT2D eigenvalue weighted by Crippen LogP contribution is -3.28. The quantitative estimate of drug-likeness (QED) is 0.683. The second-order valence-corrected chi connectivity index (χ2v) is 8.00. The average Bonchev–Trinajstić information content (AvgIpc) is 2.57. The zero-order chi connectivity index (χ0) is 18.5. The highest BCUT2D eigenvalue weighted by atomic mass is 35.5. The molecule has 0 atom stereocenters. The lowest BCUT2D eigenvalue weighted by molar-refractivity contribution is -1.02. The first-order chi connectivity index (χ1) is 12.5. The highest BCUT2D eigenvalue weighted by Crippen LogP contribution is 2.22. The predicted molar refractivity (Wildman–Crippen MR) is 107 cm³/mol. The zero-order valence-electron chi connectivity index (χ0n) is 14.3. The maximum atomic E-state index is 12.3. The van der Waals surface area contributed by atoms with E-state index in [0.717, 1.165) is 37.7 Å². The fraction of sp³-hybridized carbons (Fsp3) is 0.316. The summed E-state index contributed by atoms with van der Waals surface area (Å²) >= 11 is 17.9. The molecule has 0 aromatic heterocycles. The van der Waals surface area contributed by atoms with Gasteiger partial charge in [-0.05, 0) is 30.3 Å². The standard InChI is InChI=1S/C19H20Cl3N3O/c20-15-3-1-14(2-4-15)12-24-5-7-25(8-6-24)13-19(26)23-18-10-16(21)9-17(22)11-18/h1-4,9-11H,5-8,12-13H2,(H,23,26)/p+2. The van der Waals surface area contributed by atoms with Crippen LogP contribution in [0, 0.1) is 0 Å². The fourth-order valence-electron chi connectivity index (χ4n) is 3.26. The molecule has 4 nitrogen and oxygen atoms in total. The second-order valence-electron chi connectivity index (χ2n) is 6.69. The molecule has 26 heavy (non-hydrogen) atoms. The van der Waals surface area contributed by atoms with Crippen molar-refractivity contribution in [3.05, 3.63) is 63.1 Å². The number of carbonyl (C=O) groups excluding carboxylic acids is 1. The van der Waals surface area contributed by atoms with Crippen LogP contribution in [0.25, 0.3) is 0 Å². The summed E-state index contributed by atoms with van der Waals surface area (Å²) in [6.07, 6.45) is 0. The molecule has 7 heteroatoms.